The SMILES string of the molecule is Cl.NC[C@H]1CC[C@@H](C(=O)Nc2ccc(OCc3ccccc3F)cc2)O1. The number of carbonyl (C=O) groups excluding carboxylic acids is 1. The molecule has 0 radical (unpaired) electrons. The third-order valence-corrected chi connectivity index (χ3v) is 4.14. The molecule has 0 aliphatic carbocycles. The van der Waals surface area contributed by atoms with E-state index in [2.05, 4.69) is 5.32 Å². The second kappa shape index (κ2) is 9.52. The predicted octanol–water partition coefficient (Wildman–Crippen LogP) is 3.27. The first-order valence-electron chi connectivity index (χ1n) is 8.28. The van der Waals surface area contributed by atoms with Gasteiger partial charge in [-0.3, -0.25) is 4.79 Å². The highest BCUT2D eigenvalue weighted by molar-refractivity contribution is 5.94. The highest BCUT2D eigenvalue weighted by atomic mass is 35.5. The molecule has 26 heavy (non-hydrogen) atoms. The molecule has 2 atom stereocenters. The van der Waals surface area contributed by atoms with Crippen molar-refractivity contribution in [3.8, 4) is 5.75 Å². The van der Waals surface area contributed by atoms with Crippen LogP contribution in [0.5, 0.6) is 5.75 Å². The smallest absolute Gasteiger partial charge is 0.253 e. The molecule has 3 rings (SSSR count). The van der Waals surface area contributed by atoms with Crippen LogP contribution in [-0.2, 0) is 16.1 Å². The van der Waals surface area contributed by atoms with Crippen molar-refractivity contribution in [2.24, 2.45) is 5.73 Å². The fraction of sp³-hybridized carbons (Fsp3) is 0.316. The van der Waals surface area contributed by atoms with Crippen molar-refractivity contribution in [2.75, 3.05) is 11.9 Å². The highest BCUT2D eigenvalue weighted by Crippen LogP contribution is 2.22. The van der Waals surface area contributed by atoms with Gasteiger partial charge in [-0.05, 0) is 43.2 Å². The molecule has 0 unspecified atom stereocenters. The fourth-order valence-electron chi connectivity index (χ4n) is 2.71. The minimum Gasteiger partial charge on any atom is -0.489 e. The van der Waals surface area contributed by atoms with E-state index in [0.29, 0.717) is 30.0 Å². The molecule has 1 aliphatic heterocycles. The lowest BCUT2D eigenvalue weighted by molar-refractivity contribution is -0.126. The fourth-order valence-corrected chi connectivity index (χ4v) is 2.71. The second-order valence-corrected chi connectivity index (χ2v) is 5.95. The molecule has 140 valence electrons. The van der Waals surface area contributed by atoms with E-state index in [9.17, 15) is 9.18 Å². The van der Waals surface area contributed by atoms with E-state index in [-0.39, 0.29) is 36.8 Å². The minimum atomic E-state index is -0.453. The number of carbonyl (C=O) groups is 1. The molecule has 2 aromatic rings. The van der Waals surface area contributed by atoms with Crippen LogP contribution in [0, 0.1) is 5.82 Å². The number of nitrogens with one attached hydrogen (secondary N) is 1. The molecule has 3 N–H and O–H groups in total. The van der Waals surface area contributed by atoms with E-state index >= 15 is 0 Å². The number of ether oxygens (including phenoxy) is 2. The van der Waals surface area contributed by atoms with Gasteiger partial charge in [-0.1, -0.05) is 18.2 Å². The van der Waals surface area contributed by atoms with Gasteiger partial charge in [-0.2, -0.15) is 0 Å². The Kier molecular flexibility index (Phi) is 7.38. The molecule has 1 saturated heterocycles. The molecule has 0 bridgehead atoms. The first-order valence-corrected chi connectivity index (χ1v) is 8.28. The van der Waals surface area contributed by atoms with Crippen LogP contribution in [0.15, 0.2) is 48.5 Å². The Balaban J connectivity index is 0.00000243. The van der Waals surface area contributed by atoms with Crippen molar-refractivity contribution in [3.63, 3.8) is 0 Å². The third kappa shape index (κ3) is 5.17. The maximum Gasteiger partial charge on any atom is 0.253 e. The van der Waals surface area contributed by atoms with E-state index in [4.69, 9.17) is 15.2 Å². The van der Waals surface area contributed by atoms with Gasteiger partial charge in [-0.25, -0.2) is 4.39 Å². The van der Waals surface area contributed by atoms with Gasteiger partial charge >= 0.3 is 0 Å². The van der Waals surface area contributed by atoms with Gasteiger partial charge in [0, 0.05) is 17.8 Å². The van der Waals surface area contributed by atoms with Gasteiger partial charge in [0.1, 0.15) is 24.3 Å². The summed E-state index contributed by atoms with van der Waals surface area (Å²) in [5, 5.41) is 2.82. The van der Waals surface area contributed by atoms with Gasteiger partial charge in [0.15, 0.2) is 0 Å². The minimum absolute atomic E-state index is 0. The van der Waals surface area contributed by atoms with Crippen LogP contribution >= 0.6 is 12.4 Å². The summed E-state index contributed by atoms with van der Waals surface area (Å²) >= 11 is 0. The van der Waals surface area contributed by atoms with Crippen molar-refractivity contribution in [1.82, 2.24) is 0 Å². The Hall–Kier alpha value is -2.15. The second-order valence-electron chi connectivity index (χ2n) is 5.95. The van der Waals surface area contributed by atoms with Crippen molar-refractivity contribution >= 4 is 24.0 Å². The van der Waals surface area contributed by atoms with Gasteiger partial charge < -0.3 is 20.5 Å². The molecule has 2 aromatic carbocycles. The Morgan fingerprint density at radius 3 is 2.58 bits per heavy atom. The van der Waals surface area contributed by atoms with E-state index in [1.807, 2.05) is 0 Å². The summed E-state index contributed by atoms with van der Waals surface area (Å²) in [4.78, 5) is 12.2. The van der Waals surface area contributed by atoms with E-state index < -0.39 is 6.10 Å². The number of amides is 1. The van der Waals surface area contributed by atoms with Gasteiger partial charge in [0.05, 0.1) is 6.10 Å². The zero-order chi connectivity index (χ0) is 17.6. The molecule has 1 aliphatic rings. The first kappa shape index (κ1) is 20.2. The number of benzene rings is 2. The molecule has 7 heteroatoms. The quantitative estimate of drug-likeness (QED) is 0.806. The first-order chi connectivity index (χ1) is 12.2. The molecule has 0 aromatic heterocycles. The normalized spacial score (nSPS) is 18.8. The summed E-state index contributed by atoms with van der Waals surface area (Å²) in [6.45, 7) is 0.576. The van der Waals surface area contributed by atoms with Gasteiger partial charge in [0.2, 0.25) is 0 Å². The van der Waals surface area contributed by atoms with Crippen molar-refractivity contribution in [3.05, 3.63) is 59.9 Å². The maximum absolute atomic E-state index is 13.6. The lowest BCUT2D eigenvalue weighted by Crippen LogP contribution is -2.29. The predicted molar refractivity (Wildman–Crippen MR) is 100 cm³/mol. The van der Waals surface area contributed by atoms with Crippen molar-refractivity contribution < 1.29 is 18.7 Å². The number of rotatable bonds is 6. The number of anilines is 1. The third-order valence-electron chi connectivity index (χ3n) is 4.14. The average Bonchev–Trinajstić information content (AvgIpc) is 3.12. The van der Waals surface area contributed by atoms with Crippen LogP contribution in [0.4, 0.5) is 10.1 Å². The highest BCUT2D eigenvalue weighted by Gasteiger charge is 2.29. The Labute approximate surface area is 158 Å². The van der Waals surface area contributed by atoms with Crippen LogP contribution in [0.2, 0.25) is 0 Å². The van der Waals surface area contributed by atoms with Crippen LogP contribution < -0.4 is 15.8 Å². The van der Waals surface area contributed by atoms with Gasteiger partial charge in [-0.15, -0.1) is 12.4 Å². The molecule has 5 nitrogen and oxygen atoms in total. The summed E-state index contributed by atoms with van der Waals surface area (Å²) in [7, 11) is 0. The summed E-state index contributed by atoms with van der Waals surface area (Å²) in [5.41, 5.74) is 6.70. The summed E-state index contributed by atoms with van der Waals surface area (Å²) in [6.07, 6.45) is 0.991. The van der Waals surface area contributed by atoms with Crippen molar-refractivity contribution in [2.45, 2.75) is 31.7 Å². The maximum atomic E-state index is 13.6. The molecule has 1 heterocycles. The monoisotopic (exact) mass is 380 g/mol. The zero-order valence-electron chi connectivity index (χ0n) is 14.2. The molecule has 1 amide bonds. The summed E-state index contributed by atoms with van der Waals surface area (Å²) in [5.74, 6) is 0.135. The molecule has 0 saturated carbocycles. The molecule has 0 spiro atoms. The van der Waals surface area contributed by atoms with E-state index in [1.54, 1.807) is 42.5 Å². The molecular weight excluding hydrogens is 359 g/mol. The average molecular weight is 381 g/mol. The number of halogens is 2. The van der Waals surface area contributed by atoms with Crippen LogP contribution in [-0.4, -0.2) is 24.7 Å². The van der Waals surface area contributed by atoms with Crippen LogP contribution in [0.1, 0.15) is 18.4 Å². The lowest BCUT2D eigenvalue weighted by atomic mass is 10.2. The molecular formula is C19H22ClFN2O3. The topological polar surface area (TPSA) is 73.6 Å². The van der Waals surface area contributed by atoms with E-state index in [0.717, 1.165) is 6.42 Å². The number of hydrogen-bond acceptors (Lipinski definition) is 4. The largest absolute Gasteiger partial charge is 0.489 e. The number of nitrogens with two attached hydrogens (primary N) is 1. The lowest BCUT2D eigenvalue weighted by Gasteiger charge is -2.13. The Bertz CT molecular complexity index is 727. The van der Waals surface area contributed by atoms with Crippen LogP contribution in [0.25, 0.3) is 0 Å². The summed E-state index contributed by atoms with van der Waals surface area (Å²) in [6, 6.07) is 13.4. The van der Waals surface area contributed by atoms with E-state index in [1.165, 1.54) is 6.07 Å². The summed E-state index contributed by atoms with van der Waals surface area (Å²) < 4.78 is 24.7. The van der Waals surface area contributed by atoms with Gasteiger partial charge in [0.25, 0.3) is 5.91 Å². The molecule has 1 fully saturated rings. The Morgan fingerprint density at radius 1 is 1.19 bits per heavy atom. The van der Waals surface area contributed by atoms with Crippen molar-refractivity contribution in [1.29, 1.82) is 0 Å². The number of hydrogen-bond donors (Lipinski definition) is 2. The zero-order valence-corrected chi connectivity index (χ0v) is 15.0. The van der Waals surface area contributed by atoms with Crippen LogP contribution in [0.3, 0.4) is 0 Å². The Morgan fingerprint density at radius 2 is 1.92 bits per heavy atom. The standard InChI is InChI=1S/C19H21FN2O3.ClH/c20-17-4-2-1-3-13(17)12-24-15-7-5-14(6-8-15)22-19(23)18-10-9-16(11-21)25-18;/h1-8,16,18H,9-12,21H2,(H,22,23);1H/t16-,18+;/m1./s1.